The molecular weight excluding hydrogens is 281 g/mol. The zero-order chi connectivity index (χ0) is 14.7. The van der Waals surface area contributed by atoms with E-state index < -0.39 is 5.82 Å². The van der Waals surface area contributed by atoms with Crippen LogP contribution in [0.1, 0.15) is 18.5 Å². The Hall–Kier alpha value is -1.94. The van der Waals surface area contributed by atoms with E-state index in [1.807, 2.05) is 6.92 Å². The average molecular weight is 296 g/mol. The SMILES string of the molecule is COc1ccc(O)c(C(C)Nc2cccc(Cl)c2F)c1. The molecule has 5 heteroatoms. The van der Waals surface area contributed by atoms with Crippen molar-refractivity contribution < 1.29 is 14.2 Å². The number of hydrogen-bond donors (Lipinski definition) is 2. The molecule has 0 heterocycles. The molecule has 2 rings (SSSR count). The number of methoxy groups -OCH3 is 1. The second kappa shape index (κ2) is 6.01. The summed E-state index contributed by atoms with van der Waals surface area (Å²) in [6, 6.07) is 9.33. The van der Waals surface area contributed by atoms with Crippen molar-refractivity contribution in [1.29, 1.82) is 0 Å². The summed E-state index contributed by atoms with van der Waals surface area (Å²) in [6.07, 6.45) is 0. The number of anilines is 1. The van der Waals surface area contributed by atoms with Gasteiger partial charge in [0.1, 0.15) is 11.5 Å². The molecule has 0 saturated heterocycles. The lowest BCUT2D eigenvalue weighted by Gasteiger charge is -2.18. The van der Waals surface area contributed by atoms with Crippen molar-refractivity contribution in [2.45, 2.75) is 13.0 Å². The van der Waals surface area contributed by atoms with Crippen LogP contribution in [-0.2, 0) is 0 Å². The minimum Gasteiger partial charge on any atom is -0.508 e. The number of phenols is 1. The standard InChI is InChI=1S/C15H15ClFNO2/c1-9(11-8-10(20-2)6-7-14(11)19)18-13-5-3-4-12(16)15(13)17/h3-9,18-19H,1-2H3. The molecule has 20 heavy (non-hydrogen) atoms. The highest BCUT2D eigenvalue weighted by Gasteiger charge is 2.14. The highest BCUT2D eigenvalue weighted by molar-refractivity contribution is 6.31. The van der Waals surface area contributed by atoms with Crippen molar-refractivity contribution in [2.24, 2.45) is 0 Å². The van der Waals surface area contributed by atoms with E-state index in [1.165, 1.54) is 6.07 Å². The molecule has 0 amide bonds. The van der Waals surface area contributed by atoms with Crippen molar-refractivity contribution >= 4 is 17.3 Å². The molecule has 0 saturated carbocycles. The molecular formula is C15H15ClFNO2. The molecule has 0 spiro atoms. The van der Waals surface area contributed by atoms with Crippen LogP contribution in [0.2, 0.25) is 5.02 Å². The number of rotatable bonds is 4. The fraction of sp³-hybridized carbons (Fsp3) is 0.200. The quantitative estimate of drug-likeness (QED) is 0.880. The lowest BCUT2D eigenvalue weighted by molar-refractivity contribution is 0.410. The molecule has 106 valence electrons. The van der Waals surface area contributed by atoms with Gasteiger partial charge in [-0.15, -0.1) is 0 Å². The van der Waals surface area contributed by atoms with Gasteiger partial charge in [0, 0.05) is 5.56 Å². The molecule has 0 aromatic heterocycles. The Kier molecular flexibility index (Phi) is 4.35. The van der Waals surface area contributed by atoms with Crippen LogP contribution in [0.25, 0.3) is 0 Å². The minimum absolute atomic E-state index is 0.0528. The molecule has 0 bridgehead atoms. The van der Waals surface area contributed by atoms with Crippen LogP contribution in [0, 0.1) is 5.82 Å². The third-order valence-electron chi connectivity index (χ3n) is 3.02. The fourth-order valence-corrected chi connectivity index (χ4v) is 2.11. The first-order valence-electron chi connectivity index (χ1n) is 6.10. The number of benzene rings is 2. The molecule has 2 N–H and O–H groups in total. The Morgan fingerprint density at radius 2 is 2.05 bits per heavy atom. The summed E-state index contributed by atoms with van der Waals surface area (Å²) < 4.78 is 19.0. The molecule has 3 nitrogen and oxygen atoms in total. The van der Waals surface area contributed by atoms with Gasteiger partial charge in [0.15, 0.2) is 5.82 Å². The number of nitrogens with one attached hydrogen (secondary N) is 1. The lowest BCUT2D eigenvalue weighted by Crippen LogP contribution is -2.08. The number of halogens is 2. The van der Waals surface area contributed by atoms with Gasteiger partial charge in [0.05, 0.1) is 23.9 Å². The lowest BCUT2D eigenvalue weighted by atomic mass is 10.1. The van der Waals surface area contributed by atoms with Crippen LogP contribution < -0.4 is 10.1 Å². The van der Waals surface area contributed by atoms with E-state index in [2.05, 4.69) is 5.32 Å². The van der Waals surface area contributed by atoms with Gasteiger partial charge in [-0.25, -0.2) is 4.39 Å². The Morgan fingerprint density at radius 3 is 2.75 bits per heavy atom. The van der Waals surface area contributed by atoms with Crippen LogP contribution in [0.3, 0.4) is 0 Å². The largest absolute Gasteiger partial charge is 0.508 e. The van der Waals surface area contributed by atoms with Gasteiger partial charge in [-0.3, -0.25) is 0 Å². The zero-order valence-corrected chi connectivity index (χ0v) is 11.9. The van der Waals surface area contributed by atoms with E-state index in [0.717, 1.165) is 0 Å². The van der Waals surface area contributed by atoms with Crippen molar-refractivity contribution in [3.8, 4) is 11.5 Å². The summed E-state index contributed by atoms with van der Waals surface area (Å²) in [5.74, 6) is 0.231. The van der Waals surface area contributed by atoms with Crippen molar-refractivity contribution in [3.05, 3.63) is 52.8 Å². The van der Waals surface area contributed by atoms with Crippen LogP contribution in [0.15, 0.2) is 36.4 Å². The Balaban J connectivity index is 2.28. The topological polar surface area (TPSA) is 41.5 Å². The van der Waals surface area contributed by atoms with Crippen molar-refractivity contribution in [2.75, 3.05) is 12.4 Å². The van der Waals surface area contributed by atoms with Crippen molar-refractivity contribution in [3.63, 3.8) is 0 Å². The third-order valence-corrected chi connectivity index (χ3v) is 3.32. The van der Waals surface area contributed by atoms with E-state index in [9.17, 15) is 9.50 Å². The number of aromatic hydroxyl groups is 1. The van der Waals surface area contributed by atoms with E-state index >= 15 is 0 Å². The molecule has 0 fully saturated rings. The van der Waals surface area contributed by atoms with Gasteiger partial charge < -0.3 is 15.2 Å². The molecule has 0 aliphatic rings. The van der Waals surface area contributed by atoms with Gasteiger partial charge in [0.25, 0.3) is 0 Å². The maximum Gasteiger partial charge on any atom is 0.164 e. The summed E-state index contributed by atoms with van der Waals surface area (Å²) in [4.78, 5) is 0. The molecule has 1 unspecified atom stereocenters. The molecule has 0 aliphatic carbocycles. The highest BCUT2D eigenvalue weighted by Crippen LogP contribution is 2.32. The average Bonchev–Trinajstić information content (AvgIpc) is 2.44. The normalized spacial score (nSPS) is 12.0. The van der Waals surface area contributed by atoms with Crippen LogP contribution in [0.4, 0.5) is 10.1 Å². The van der Waals surface area contributed by atoms with Crippen LogP contribution in [-0.4, -0.2) is 12.2 Å². The van der Waals surface area contributed by atoms with E-state index in [0.29, 0.717) is 11.3 Å². The molecule has 0 aliphatic heterocycles. The third kappa shape index (κ3) is 2.96. The van der Waals surface area contributed by atoms with Crippen molar-refractivity contribution in [1.82, 2.24) is 0 Å². The number of ether oxygens (including phenoxy) is 1. The van der Waals surface area contributed by atoms with Gasteiger partial charge in [-0.1, -0.05) is 17.7 Å². The van der Waals surface area contributed by atoms with Crippen LogP contribution >= 0.6 is 11.6 Å². The van der Waals surface area contributed by atoms with Gasteiger partial charge >= 0.3 is 0 Å². The first-order chi connectivity index (χ1) is 9.52. The van der Waals surface area contributed by atoms with E-state index in [4.69, 9.17) is 16.3 Å². The zero-order valence-electron chi connectivity index (χ0n) is 11.2. The summed E-state index contributed by atoms with van der Waals surface area (Å²) in [7, 11) is 1.55. The Labute approximate surface area is 122 Å². The number of hydrogen-bond acceptors (Lipinski definition) is 3. The summed E-state index contributed by atoms with van der Waals surface area (Å²) in [6.45, 7) is 1.81. The second-order valence-electron chi connectivity index (χ2n) is 4.39. The van der Waals surface area contributed by atoms with Gasteiger partial charge in [0.2, 0.25) is 0 Å². The van der Waals surface area contributed by atoms with Gasteiger partial charge in [-0.05, 0) is 37.3 Å². The Bertz CT molecular complexity index is 619. The highest BCUT2D eigenvalue weighted by atomic mass is 35.5. The predicted molar refractivity (Wildman–Crippen MR) is 78.1 cm³/mol. The Morgan fingerprint density at radius 1 is 1.30 bits per heavy atom. The smallest absolute Gasteiger partial charge is 0.164 e. The monoisotopic (exact) mass is 295 g/mol. The maximum absolute atomic E-state index is 13.8. The summed E-state index contributed by atoms with van der Waals surface area (Å²) in [5.41, 5.74) is 0.899. The molecule has 2 aromatic carbocycles. The summed E-state index contributed by atoms with van der Waals surface area (Å²) >= 11 is 5.74. The molecule has 2 aromatic rings. The predicted octanol–water partition coefficient (Wildman–Crippen LogP) is 4.37. The summed E-state index contributed by atoms with van der Waals surface area (Å²) in [5, 5.41) is 12.9. The fourth-order valence-electron chi connectivity index (χ4n) is 1.93. The molecule has 0 radical (unpaired) electrons. The number of phenolic OH excluding ortho intramolecular Hbond substituents is 1. The first kappa shape index (κ1) is 14.5. The van der Waals surface area contributed by atoms with E-state index in [-0.39, 0.29) is 22.5 Å². The van der Waals surface area contributed by atoms with E-state index in [1.54, 1.807) is 37.4 Å². The first-order valence-corrected chi connectivity index (χ1v) is 6.48. The van der Waals surface area contributed by atoms with Gasteiger partial charge in [-0.2, -0.15) is 0 Å². The molecule has 1 atom stereocenters. The maximum atomic E-state index is 13.8. The van der Waals surface area contributed by atoms with Crippen LogP contribution in [0.5, 0.6) is 11.5 Å². The minimum atomic E-state index is -0.511. The second-order valence-corrected chi connectivity index (χ2v) is 4.80.